The third-order valence-electron chi connectivity index (χ3n) is 3.14. The van der Waals surface area contributed by atoms with Gasteiger partial charge in [-0.15, -0.1) is 0 Å². The maximum Gasteiger partial charge on any atom is 0.226 e. The average molecular weight is 269 g/mol. The number of carbonyl (C=O) groups excluding carboxylic acids is 1. The van der Waals surface area contributed by atoms with Crippen LogP contribution in [0.25, 0.3) is 5.65 Å². The van der Waals surface area contributed by atoms with Crippen molar-refractivity contribution in [1.29, 1.82) is 0 Å². The average Bonchev–Trinajstić information content (AvgIpc) is 3.05. The number of amides is 1. The van der Waals surface area contributed by atoms with Gasteiger partial charge < -0.3 is 14.1 Å². The molecule has 0 spiro atoms. The molecular weight excluding hydrogens is 254 g/mol. The number of fused-ring (bicyclic) bond motifs is 1. The molecule has 5 nitrogen and oxygen atoms in total. The van der Waals surface area contributed by atoms with E-state index in [0.717, 1.165) is 22.5 Å². The topological polar surface area (TPSA) is 59.5 Å². The Morgan fingerprint density at radius 3 is 3.10 bits per heavy atom. The minimum absolute atomic E-state index is 0.0488. The summed E-state index contributed by atoms with van der Waals surface area (Å²) in [5, 5.41) is 2.84. The molecule has 0 unspecified atom stereocenters. The minimum Gasteiger partial charge on any atom is -0.472 e. The van der Waals surface area contributed by atoms with E-state index in [1.165, 1.54) is 0 Å². The molecule has 0 saturated carbocycles. The third-order valence-corrected chi connectivity index (χ3v) is 3.14. The summed E-state index contributed by atoms with van der Waals surface area (Å²) in [5.41, 5.74) is 3.70. The van der Waals surface area contributed by atoms with E-state index in [1.807, 2.05) is 41.9 Å². The maximum absolute atomic E-state index is 11.9. The molecule has 1 amide bonds. The van der Waals surface area contributed by atoms with Crippen LogP contribution >= 0.6 is 0 Å². The molecule has 102 valence electrons. The van der Waals surface area contributed by atoms with Gasteiger partial charge in [0.15, 0.2) is 0 Å². The van der Waals surface area contributed by atoms with Crippen LogP contribution in [0.4, 0.5) is 0 Å². The number of imidazole rings is 1. The van der Waals surface area contributed by atoms with Gasteiger partial charge in [-0.1, -0.05) is 6.07 Å². The Hall–Kier alpha value is -2.56. The number of aryl methyl sites for hydroxylation is 1. The van der Waals surface area contributed by atoms with Crippen molar-refractivity contribution in [2.75, 3.05) is 0 Å². The number of pyridine rings is 1. The summed E-state index contributed by atoms with van der Waals surface area (Å²) in [5.74, 6) is -0.0488. The molecular formula is C15H15N3O2. The zero-order valence-corrected chi connectivity index (χ0v) is 11.2. The third kappa shape index (κ3) is 2.56. The Balaban J connectivity index is 1.66. The number of aromatic nitrogens is 2. The van der Waals surface area contributed by atoms with Crippen LogP contribution in [0.3, 0.4) is 0 Å². The van der Waals surface area contributed by atoms with E-state index < -0.39 is 0 Å². The number of furan rings is 1. The van der Waals surface area contributed by atoms with Crippen LogP contribution in [0.1, 0.15) is 16.8 Å². The Morgan fingerprint density at radius 2 is 2.35 bits per heavy atom. The monoisotopic (exact) mass is 269 g/mol. The van der Waals surface area contributed by atoms with Crippen LogP contribution in [0.2, 0.25) is 0 Å². The first kappa shape index (κ1) is 12.5. The molecule has 0 radical (unpaired) electrons. The molecule has 0 aliphatic rings. The quantitative estimate of drug-likeness (QED) is 0.789. The van der Waals surface area contributed by atoms with E-state index in [9.17, 15) is 4.79 Å². The van der Waals surface area contributed by atoms with Gasteiger partial charge in [0, 0.05) is 24.5 Å². The summed E-state index contributed by atoms with van der Waals surface area (Å²) >= 11 is 0. The molecule has 0 aromatic carbocycles. The standard InChI is InChI=1S/C15H15N3O2/c1-11-3-2-5-18-9-13(17-15(11)18)7-14(19)16-8-12-4-6-20-10-12/h2-6,9-10H,7-8H2,1H3,(H,16,19). The first-order valence-electron chi connectivity index (χ1n) is 6.43. The predicted octanol–water partition coefficient (Wildman–Crippen LogP) is 2.09. The van der Waals surface area contributed by atoms with E-state index in [0.29, 0.717) is 6.54 Å². The molecule has 20 heavy (non-hydrogen) atoms. The van der Waals surface area contributed by atoms with Crippen LogP contribution in [0.5, 0.6) is 0 Å². The molecule has 3 heterocycles. The lowest BCUT2D eigenvalue weighted by molar-refractivity contribution is -0.120. The zero-order chi connectivity index (χ0) is 13.9. The van der Waals surface area contributed by atoms with Crippen molar-refractivity contribution in [1.82, 2.24) is 14.7 Å². The Kier molecular flexibility index (Phi) is 3.25. The van der Waals surface area contributed by atoms with E-state index in [2.05, 4.69) is 10.3 Å². The van der Waals surface area contributed by atoms with Crippen LogP contribution in [-0.2, 0) is 17.8 Å². The second kappa shape index (κ2) is 5.21. The Morgan fingerprint density at radius 1 is 1.45 bits per heavy atom. The predicted molar refractivity (Wildman–Crippen MR) is 74.2 cm³/mol. The molecule has 0 aliphatic carbocycles. The van der Waals surface area contributed by atoms with Gasteiger partial charge >= 0.3 is 0 Å². The van der Waals surface area contributed by atoms with Gasteiger partial charge in [-0.05, 0) is 24.6 Å². The molecule has 0 saturated heterocycles. The fourth-order valence-corrected chi connectivity index (χ4v) is 2.11. The van der Waals surface area contributed by atoms with Crippen molar-refractivity contribution in [3.8, 4) is 0 Å². The number of hydrogen-bond donors (Lipinski definition) is 1. The van der Waals surface area contributed by atoms with Gasteiger partial charge in [-0.2, -0.15) is 0 Å². The Bertz CT molecular complexity index is 729. The van der Waals surface area contributed by atoms with Crippen molar-refractivity contribution in [2.45, 2.75) is 19.9 Å². The highest BCUT2D eigenvalue weighted by Crippen LogP contribution is 2.10. The van der Waals surface area contributed by atoms with Crippen LogP contribution in [0, 0.1) is 6.92 Å². The molecule has 5 heteroatoms. The maximum atomic E-state index is 11.9. The molecule has 0 aliphatic heterocycles. The summed E-state index contributed by atoms with van der Waals surface area (Å²) in [6.45, 7) is 2.48. The highest BCUT2D eigenvalue weighted by molar-refractivity contribution is 5.78. The van der Waals surface area contributed by atoms with E-state index in [1.54, 1.807) is 12.5 Å². The van der Waals surface area contributed by atoms with Crippen molar-refractivity contribution >= 4 is 11.6 Å². The van der Waals surface area contributed by atoms with E-state index >= 15 is 0 Å². The van der Waals surface area contributed by atoms with Crippen molar-refractivity contribution in [3.05, 3.63) is 59.9 Å². The normalized spacial score (nSPS) is 10.8. The van der Waals surface area contributed by atoms with Gasteiger partial charge in [0.1, 0.15) is 5.65 Å². The fraction of sp³-hybridized carbons (Fsp3) is 0.200. The lowest BCUT2D eigenvalue weighted by Crippen LogP contribution is -2.24. The second-order valence-corrected chi connectivity index (χ2v) is 4.74. The van der Waals surface area contributed by atoms with E-state index in [4.69, 9.17) is 4.42 Å². The first-order chi connectivity index (χ1) is 9.72. The molecule has 0 bridgehead atoms. The summed E-state index contributed by atoms with van der Waals surface area (Å²) in [6, 6.07) is 5.80. The zero-order valence-electron chi connectivity index (χ0n) is 11.2. The summed E-state index contributed by atoms with van der Waals surface area (Å²) in [4.78, 5) is 16.4. The number of rotatable bonds is 4. The molecule has 3 rings (SSSR count). The van der Waals surface area contributed by atoms with Gasteiger partial charge in [-0.25, -0.2) is 4.98 Å². The van der Waals surface area contributed by atoms with Crippen molar-refractivity contribution < 1.29 is 9.21 Å². The SMILES string of the molecule is Cc1cccn2cc(CC(=O)NCc3ccoc3)nc12. The minimum atomic E-state index is -0.0488. The van der Waals surface area contributed by atoms with E-state index in [-0.39, 0.29) is 12.3 Å². The van der Waals surface area contributed by atoms with Gasteiger partial charge in [-0.3, -0.25) is 4.79 Å². The molecule has 0 fully saturated rings. The molecule has 1 N–H and O–H groups in total. The largest absolute Gasteiger partial charge is 0.472 e. The molecule has 3 aromatic rings. The van der Waals surface area contributed by atoms with Crippen LogP contribution < -0.4 is 5.32 Å². The van der Waals surface area contributed by atoms with Crippen LogP contribution in [0.15, 0.2) is 47.5 Å². The molecule has 0 atom stereocenters. The lowest BCUT2D eigenvalue weighted by atomic mass is 10.3. The highest BCUT2D eigenvalue weighted by atomic mass is 16.3. The lowest BCUT2D eigenvalue weighted by Gasteiger charge is -2.01. The highest BCUT2D eigenvalue weighted by Gasteiger charge is 2.08. The van der Waals surface area contributed by atoms with Gasteiger partial charge in [0.2, 0.25) is 5.91 Å². The summed E-state index contributed by atoms with van der Waals surface area (Å²) in [6.07, 6.45) is 7.31. The van der Waals surface area contributed by atoms with Crippen molar-refractivity contribution in [3.63, 3.8) is 0 Å². The Labute approximate surface area is 116 Å². The van der Waals surface area contributed by atoms with Crippen molar-refractivity contribution in [2.24, 2.45) is 0 Å². The summed E-state index contributed by atoms with van der Waals surface area (Å²) in [7, 11) is 0. The number of nitrogens with one attached hydrogen (secondary N) is 1. The van der Waals surface area contributed by atoms with Gasteiger partial charge in [0.05, 0.1) is 24.6 Å². The number of hydrogen-bond acceptors (Lipinski definition) is 3. The number of nitrogens with zero attached hydrogens (tertiary/aromatic N) is 2. The van der Waals surface area contributed by atoms with Crippen LogP contribution in [-0.4, -0.2) is 15.3 Å². The fourth-order valence-electron chi connectivity index (χ4n) is 2.11. The molecule has 3 aromatic heterocycles. The smallest absolute Gasteiger partial charge is 0.226 e. The summed E-state index contributed by atoms with van der Waals surface area (Å²) < 4.78 is 6.89. The first-order valence-corrected chi connectivity index (χ1v) is 6.43. The second-order valence-electron chi connectivity index (χ2n) is 4.74. The number of carbonyl (C=O) groups is 1. The van der Waals surface area contributed by atoms with Gasteiger partial charge in [0.25, 0.3) is 0 Å².